The summed E-state index contributed by atoms with van der Waals surface area (Å²) >= 11 is 0. The lowest BCUT2D eigenvalue weighted by atomic mass is 10.4. The van der Waals surface area contributed by atoms with Crippen molar-refractivity contribution >= 4 is 0 Å². The molecule has 1 aromatic rings. The maximum Gasteiger partial charge on any atom is 0.170 e. The highest BCUT2D eigenvalue weighted by Gasteiger charge is 2.02. The van der Waals surface area contributed by atoms with E-state index >= 15 is 0 Å². The van der Waals surface area contributed by atoms with E-state index in [2.05, 4.69) is 0 Å². The second kappa shape index (κ2) is 2.55. The number of hydrogen-bond acceptors (Lipinski definition) is 3. The zero-order valence-corrected chi connectivity index (χ0v) is 5.13. The molecule has 0 fully saturated rings. The van der Waals surface area contributed by atoms with Crippen LogP contribution >= 0.6 is 0 Å². The minimum atomic E-state index is -0.115. The lowest BCUT2D eigenvalue weighted by molar-refractivity contribution is 0.238. The third-order valence-electron chi connectivity index (χ3n) is 1.07. The van der Waals surface area contributed by atoms with Gasteiger partial charge in [0.2, 0.25) is 0 Å². The van der Waals surface area contributed by atoms with Gasteiger partial charge in [0.1, 0.15) is 6.61 Å². The minimum absolute atomic E-state index is 0.115. The van der Waals surface area contributed by atoms with Gasteiger partial charge in [0.15, 0.2) is 11.5 Å². The average Bonchev–Trinajstić information content (AvgIpc) is 2.33. The molecule has 1 aromatic heterocycles. The van der Waals surface area contributed by atoms with Crippen molar-refractivity contribution in [3.8, 4) is 5.75 Å². The molecule has 0 saturated heterocycles. The van der Waals surface area contributed by atoms with E-state index in [9.17, 15) is 0 Å². The normalized spacial score (nSPS) is 9.56. The molecule has 0 atom stereocenters. The third kappa shape index (κ3) is 1.05. The fourth-order valence-corrected chi connectivity index (χ4v) is 0.626. The number of hydrogen-bond donors (Lipinski definition) is 1. The van der Waals surface area contributed by atoms with Crippen LogP contribution in [0.25, 0.3) is 0 Å². The lowest BCUT2D eigenvalue weighted by Gasteiger charge is -1.94. The van der Waals surface area contributed by atoms with Gasteiger partial charge in [0, 0.05) is 6.07 Å². The SMILES string of the molecule is COc1ccoc1CO. The van der Waals surface area contributed by atoms with Crippen LogP contribution < -0.4 is 4.74 Å². The van der Waals surface area contributed by atoms with Gasteiger partial charge in [0.25, 0.3) is 0 Å². The second-order valence-corrected chi connectivity index (χ2v) is 1.57. The first-order valence-electron chi connectivity index (χ1n) is 2.59. The predicted octanol–water partition coefficient (Wildman–Crippen LogP) is 0.780. The zero-order valence-electron chi connectivity index (χ0n) is 5.13. The van der Waals surface area contributed by atoms with E-state index in [-0.39, 0.29) is 6.61 Å². The van der Waals surface area contributed by atoms with Gasteiger partial charge in [-0.25, -0.2) is 0 Å². The van der Waals surface area contributed by atoms with Crippen LogP contribution in [0.4, 0.5) is 0 Å². The summed E-state index contributed by atoms with van der Waals surface area (Å²) in [5, 5.41) is 8.56. The molecule has 0 amide bonds. The maximum atomic E-state index is 8.56. The molecular formula is C6H8O3. The molecule has 1 rings (SSSR count). The van der Waals surface area contributed by atoms with Crippen molar-refractivity contribution in [2.24, 2.45) is 0 Å². The molecule has 1 heterocycles. The van der Waals surface area contributed by atoms with E-state index in [1.165, 1.54) is 13.4 Å². The van der Waals surface area contributed by atoms with E-state index < -0.39 is 0 Å². The van der Waals surface area contributed by atoms with Gasteiger partial charge in [-0.15, -0.1) is 0 Å². The summed E-state index contributed by atoms with van der Waals surface area (Å²) in [4.78, 5) is 0. The summed E-state index contributed by atoms with van der Waals surface area (Å²) in [5.41, 5.74) is 0. The molecule has 3 heteroatoms. The Morgan fingerprint density at radius 3 is 3.00 bits per heavy atom. The predicted molar refractivity (Wildman–Crippen MR) is 31.2 cm³/mol. The number of rotatable bonds is 2. The van der Waals surface area contributed by atoms with Gasteiger partial charge in [-0.2, -0.15) is 0 Å². The lowest BCUT2D eigenvalue weighted by Crippen LogP contribution is -1.85. The van der Waals surface area contributed by atoms with Crippen LogP contribution in [0.2, 0.25) is 0 Å². The monoisotopic (exact) mass is 128 g/mol. The van der Waals surface area contributed by atoms with Crippen LogP contribution in [0.5, 0.6) is 5.75 Å². The van der Waals surface area contributed by atoms with Crippen molar-refractivity contribution in [3.05, 3.63) is 18.1 Å². The highest BCUT2D eigenvalue weighted by atomic mass is 16.5. The Morgan fingerprint density at radius 2 is 2.56 bits per heavy atom. The third-order valence-corrected chi connectivity index (χ3v) is 1.07. The van der Waals surface area contributed by atoms with Crippen LogP contribution in [-0.4, -0.2) is 12.2 Å². The Morgan fingerprint density at radius 1 is 1.78 bits per heavy atom. The van der Waals surface area contributed by atoms with Crippen LogP contribution in [-0.2, 0) is 6.61 Å². The molecule has 0 aliphatic carbocycles. The smallest absolute Gasteiger partial charge is 0.170 e. The summed E-state index contributed by atoms with van der Waals surface area (Å²) in [5.74, 6) is 1.06. The number of methoxy groups -OCH3 is 1. The molecule has 0 aliphatic rings. The van der Waals surface area contributed by atoms with Gasteiger partial charge < -0.3 is 14.3 Å². The first-order chi connectivity index (χ1) is 4.38. The standard InChI is InChI=1S/C6H8O3/c1-8-5-2-3-9-6(5)4-7/h2-3,7H,4H2,1H3. The zero-order chi connectivity index (χ0) is 6.69. The van der Waals surface area contributed by atoms with E-state index in [0.29, 0.717) is 11.5 Å². The summed E-state index contributed by atoms with van der Waals surface area (Å²) in [7, 11) is 1.53. The Kier molecular flexibility index (Phi) is 1.75. The molecule has 0 aromatic carbocycles. The van der Waals surface area contributed by atoms with Crippen molar-refractivity contribution in [2.45, 2.75) is 6.61 Å². The van der Waals surface area contributed by atoms with Crippen LogP contribution in [0.15, 0.2) is 16.7 Å². The molecule has 50 valence electrons. The topological polar surface area (TPSA) is 42.6 Å². The summed E-state index contributed by atoms with van der Waals surface area (Å²) in [6, 6.07) is 1.66. The Labute approximate surface area is 52.9 Å². The number of furan rings is 1. The Hall–Kier alpha value is -0.960. The highest BCUT2D eigenvalue weighted by molar-refractivity contribution is 5.23. The molecule has 0 saturated carbocycles. The van der Waals surface area contributed by atoms with Gasteiger partial charge >= 0.3 is 0 Å². The van der Waals surface area contributed by atoms with Crippen molar-refractivity contribution in [1.82, 2.24) is 0 Å². The van der Waals surface area contributed by atoms with E-state index in [4.69, 9.17) is 14.3 Å². The largest absolute Gasteiger partial charge is 0.493 e. The highest BCUT2D eigenvalue weighted by Crippen LogP contribution is 2.17. The number of ether oxygens (including phenoxy) is 1. The number of aliphatic hydroxyl groups is 1. The molecule has 0 unspecified atom stereocenters. The van der Waals surface area contributed by atoms with Gasteiger partial charge in [-0.05, 0) is 0 Å². The van der Waals surface area contributed by atoms with Crippen LogP contribution in [0.1, 0.15) is 5.76 Å². The van der Waals surface area contributed by atoms with E-state index in [0.717, 1.165) is 0 Å². The van der Waals surface area contributed by atoms with E-state index in [1.807, 2.05) is 0 Å². The average molecular weight is 128 g/mol. The molecule has 9 heavy (non-hydrogen) atoms. The van der Waals surface area contributed by atoms with Gasteiger partial charge in [0.05, 0.1) is 13.4 Å². The summed E-state index contributed by atoms with van der Waals surface area (Å²) in [6.07, 6.45) is 1.48. The molecule has 3 nitrogen and oxygen atoms in total. The van der Waals surface area contributed by atoms with Crippen LogP contribution in [0, 0.1) is 0 Å². The van der Waals surface area contributed by atoms with Crippen LogP contribution in [0.3, 0.4) is 0 Å². The fourth-order valence-electron chi connectivity index (χ4n) is 0.626. The van der Waals surface area contributed by atoms with Gasteiger partial charge in [-0.1, -0.05) is 0 Å². The fraction of sp³-hybridized carbons (Fsp3) is 0.333. The second-order valence-electron chi connectivity index (χ2n) is 1.57. The Bertz CT molecular complexity index is 162. The minimum Gasteiger partial charge on any atom is -0.493 e. The summed E-state index contributed by atoms with van der Waals surface area (Å²) in [6.45, 7) is -0.115. The number of aliphatic hydroxyl groups excluding tert-OH is 1. The maximum absolute atomic E-state index is 8.56. The van der Waals surface area contributed by atoms with Crippen molar-refractivity contribution in [1.29, 1.82) is 0 Å². The van der Waals surface area contributed by atoms with Crippen molar-refractivity contribution in [3.63, 3.8) is 0 Å². The first-order valence-corrected chi connectivity index (χ1v) is 2.59. The van der Waals surface area contributed by atoms with E-state index in [1.54, 1.807) is 6.07 Å². The molecule has 0 bridgehead atoms. The Balaban J connectivity index is 2.85. The molecule has 1 N–H and O–H groups in total. The molecule has 0 spiro atoms. The molecular weight excluding hydrogens is 120 g/mol. The molecule has 0 radical (unpaired) electrons. The first kappa shape index (κ1) is 6.16. The quantitative estimate of drug-likeness (QED) is 0.640. The van der Waals surface area contributed by atoms with Gasteiger partial charge in [-0.3, -0.25) is 0 Å². The van der Waals surface area contributed by atoms with Crippen molar-refractivity contribution in [2.75, 3.05) is 7.11 Å². The summed E-state index contributed by atoms with van der Waals surface area (Å²) < 4.78 is 9.65. The van der Waals surface area contributed by atoms with Crippen molar-refractivity contribution < 1.29 is 14.3 Å². The molecule has 0 aliphatic heterocycles.